The number of hydrogen-bond donors (Lipinski definition) is 3. The van der Waals surface area contributed by atoms with E-state index >= 15 is 0 Å². The summed E-state index contributed by atoms with van der Waals surface area (Å²) in [5.74, 6) is 0.512. The van der Waals surface area contributed by atoms with Gasteiger partial charge in [0.15, 0.2) is 0 Å². The number of benzene rings is 3. The van der Waals surface area contributed by atoms with E-state index in [2.05, 4.69) is 20.9 Å². The summed E-state index contributed by atoms with van der Waals surface area (Å²) in [5.41, 5.74) is 3.30. The molecule has 0 atom stereocenters. The molecule has 1 saturated heterocycles. The van der Waals surface area contributed by atoms with E-state index in [0.29, 0.717) is 54.8 Å². The van der Waals surface area contributed by atoms with Gasteiger partial charge in [0.2, 0.25) is 0 Å². The van der Waals surface area contributed by atoms with Crippen molar-refractivity contribution in [2.24, 2.45) is 0 Å². The fraction of sp³-hybridized carbons (Fsp3) is 0.231. The lowest BCUT2D eigenvalue weighted by Gasteiger charge is -2.30. The Morgan fingerprint density at radius 2 is 1.77 bits per heavy atom. The Labute approximate surface area is 209 Å². The molecule has 0 spiro atoms. The van der Waals surface area contributed by atoms with Crippen molar-refractivity contribution in [3.8, 4) is 5.75 Å². The molecule has 4 rings (SSSR count). The van der Waals surface area contributed by atoms with Crippen molar-refractivity contribution in [3.05, 3.63) is 82.9 Å². The minimum Gasteiger partial charge on any atom is -0.497 e. The highest BCUT2D eigenvalue weighted by Crippen LogP contribution is 2.29. The summed E-state index contributed by atoms with van der Waals surface area (Å²) in [6, 6.07) is 19.2. The monoisotopic (exact) mass is 494 g/mol. The van der Waals surface area contributed by atoms with Crippen molar-refractivity contribution in [2.75, 3.05) is 48.9 Å². The largest absolute Gasteiger partial charge is 0.497 e. The van der Waals surface area contributed by atoms with Crippen LogP contribution in [0, 0.1) is 0 Å². The predicted octanol–water partition coefficient (Wildman–Crippen LogP) is 4.76. The molecule has 3 amide bonds. The molecule has 1 fully saturated rings. The Bertz CT molecular complexity index is 1180. The first-order valence-electron chi connectivity index (χ1n) is 11.2. The molecular formula is C26H27ClN4O4. The van der Waals surface area contributed by atoms with Gasteiger partial charge in [0.05, 0.1) is 31.7 Å². The zero-order valence-corrected chi connectivity index (χ0v) is 20.1. The summed E-state index contributed by atoms with van der Waals surface area (Å²) < 4.78 is 10.6. The third-order valence-electron chi connectivity index (χ3n) is 5.55. The molecular weight excluding hydrogens is 468 g/mol. The molecule has 182 valence electrons. The van der Waals surface area contributed by atoms with E-state index in [9.17, 15) is 9.59 Å². The van der Waals surface area contributed by atoms with Crippen molar-refractivity contribution < 1.29 is 19.1 Å². The normalized spacial score (nSPS) is 13.1. The number of morpholine rings is 1. The van der Waals surface area contributed by atoms with Crippen LogP contribution in [-0.2, 0) is 11.3 Å². The molecule has 1 aliphatic rings. The minimum atomic E-state index is -0.433. The molecule has 1 heterocycles. The first-order chi connectivity index (χ1) is 17.0. The lowest BCUT2D eigenvalue weighted by Crippen LogP contribution is -2.37. The lowest BCUT2D eigenvalue weighted by atomic mass is 10.1. The van der Waals surface area contributed by atoms with Crippen molar-refractivity contribution in [2.45, 2.75) is 6.54 Å². The highest BCUT2D eigenvalue weighted by Gasteiger charge is 2.18. The number of hydrogen-bond acceptors (Lipinski definition) is 5. The standard InChI is InChI=1S/C26H27ClN4O4/c1-34-22-8-5-18(6-9-22)17-28-25(32)19-7-10-24(31-11-13-35-14-12-31)23(15-19)30-26(33)29-21-4-2-3-20(27)16-21/h2-10,15-16H,11-14,17H2,1H3,(H,28,32)(H2,29,30,33). The van der Waals surface area contributed by atoms with Crippen LogP contribution in [0.5, 0.6) is 5.75 Å². The van der Waals surface area contributed by atoms with Crippen LogP contribution in [0.15, 0.2) is 66.7 Å². The van der Waals surface area contributed by atoms with Gasteiger partial charge in [-0.25, -0.2) is 4.79 Å². The summed E-state index contributed by atoms with van der Waals surface area (Å²) in [7, 11) is 1.61. The Kier molecular flexibility index (Phi) is 8.07. The van der Waals surface area contributed by atoms with Gasteiger partial charge in [-0.05, 0) is 54.1 Å². The Hall–Kier alpha value is -3.75. The van der Waals surface area contributed by atoms with Gasteiger partial charge >= 0.3 is 6.03 Å². The molecule has 3 aromatic carbocycles. The second-order valence-electron chi connectivity index (χ2n) is 7.95. The SMILES string of the molecule is COc1ccc(CNC(=O)c2ccc(N3CCOCC3)c(NC(=O)Nc3cccc(Cl)c3)c2)cc1. The van der Waals surface area contributed by atoms with Crippen molar-refractivity contribution in [1.29, 1.82) is 0 Å². The van der Waals surface area contributed by atoms with E-state index in [0.717, 1.165) is 17.0 Å². The quantitative estimate of drug-likeness (QED) is 0.440. The molecule has 0 unspecified atom stereocenters. The highest BCUT2D eigenvalue weighted by molar-refractivity contribution is 6.30. The predicted molar refractivity (Wildman–Crippen MR) is 138 cm³/mol. The van der Waals surface area contributed by atoms with E-state index < -0.39 is 6.03 Å². The maximum absolute atomic E-state index is 12.9. The molecule has 0 aromatic heterocycles. The van der Waals surface area contributed by atoms with Gasteiger partial charge in [0.1, 0.15) is 5.75 Å². The van der Waals surface area contributed by atoms with Gasteiger partial charge in [-0.2, -0.15) is 0 Å². The van der Waals surface area contributed by atoms with Gasteiger partial charge in [-0.1, -0.05) is 29.8 Å². The fourth-order valence-corrected chi connectivity index (χ4v) is 3.93. The van der Waals surface area contributed by atoms with Gasteiger partial charge in [-0.15, -0.1) is 0 Å². The van der Waals surface area contributed by atoms with Gasteiger partial charge < -0.3 is 30.3 Å². The van der Waals surface area contributed by atoms with E-state index in [-0.39, 0.29) is 5.91 Å². The molecule has 0 radical (unpaired) electrons. The van der Waals surface area contributed by atoms with Crippen LogP contribution in [0.4, 0.5) is 21.9 Å². The number of methoxy groups -OCH3 is 1. The zero-order valence-electron chi connectivity index (χ0n) is 19.3. The summed E-state index contributed by atoms with van der Waals surface area (Å²) in [4.78, 5) is 27.8. The number of carbonyl (C=O) groups is 2. The maximum Gasteiger partial charge on any atom is 0.323 e. The number of amides is 3. The number of rotatable bonds is 7. The molecule has 35 heavy (non-hydrogen) atoms. The summed E-state index contributed by atoms with van der Waals surface area (Å²) in [6.45, 7) is 2.93. The number of nitrogens with zero attached hydrogens (tertiary/aromatic N) is 1. The van der Waals surface area contributed by atoms with E-state index in [1.54, 1.807) is 43.5 Å². The fourth-order valence-electron chi connectivity index (χ4n) is 3.74. The second-order valence-corrected chi connectivity index (χ2v) is 8.39. The average molecular weight is 495 g/mol. The van der Waals surface area contributed by atoms with Crippen molar-refractivity contribution in [3.63, 3.8) is 0 Å². The third kappa shape index (κ3) is 6.65. The van der Waals surface area contributed by atoms with Crippen LogP contribution in [0.1, 0.15) is 15.9 Å². The summed E-state index contributed by atoms with van der Waals surface area (Å²) in [6.07, 6.45) is 0. The number of halogens is 1. The third-order valence-corrected chi connectivity index (χ3v) is 5.79. The lowest BCUT2D eigenvalue weighted by molar-refractivity contribution is 0.0951. The maximum atomic E-state index is 12.9. The van der Waals surface area contributed by atoms with E-state index in [1.165, 1.54) is 0 Å². The highest BCUT2D eigenvalue weighted by atomic mass is 35.5. The summed E-state index contributed by atoms with van der Waals surface area (Å²) >= 11 is 6.02. The first-order valence-corrected chi connectivity index (χ1v) is 11.6. The van der Waals surface area contributed by atoms with Gasteiger partial charge in [-0.3, -0.25) is 4.79 Å². The number of carbonyl (C=O) groups excluding carboxylic acids is 2. The topological polar surface area (TPSA) is 91.9 Å². The molecule has 3 aromatic rings. The molecule has 9 heteroatoms. The molecule has 0 bridgehead atoms. The Morgan fingerprint density at radius 3 is 2.49 bits per heavy atom. The second kappa shape index (κ2) is 11.6. The Morgan fingerprint density at radius 1 is 1.00 bits per heavy atom. The number of anilines is 3. The van der Waals surface area contributed by atoms with Crippen LogP contribution >= 0.6 is 11.6 Å². The number of urea groups is 1. The van der Waals surface area contributed by atoms with Gasteiger partial charge in [0, 0.05) is 35.9 Å². The van der Waals surface area contributed by atoms with Crippen molar-refractivity contribution >= 4 is 40.6 Å². The number of nitrogens with one attached hydrogen (secondary N) is 3. The van der Waals surface area contributed by atoms with Crippen LogP contribution in [0.3, 0.4) is 0 Å². The van der Waals surface area contributed by atoms with Crippen LogP contribution < -0.4 is 25.6 Å². The molecule has 0 saturated carbocycles. The molecule has 1 aliphatic heterocycles. The smallest absolute Gasteiger partial charge is 0.323 e. The van der Waals surface area contributed by atoms with E-state index in [4.69, 9.17) is 21.1 Å². The Balaban J connectivity index is 1.50. The zero-order chi connectivity index (χ0) is 24.6. The van der Waals surface area contributed by atoms with Crippen LogP contribution in [0.25, 0.3) is 0 Å². The van der Waals surface area contributed by atoms with Crippen LogP contribution in [0.2, 0.25) is 5.02 Å². The molecule has 8 nitrogen and oxygen atoms in total. The number of ether oxygens (including phenoxy) is 2. The average Bonchev–Trinajstić information content (AvgIpc) is 2.88. The molecule has 3 N–H and O–H groups in total. The van der Waals surface area contributed by atoms with Crippen molar-refractivity contribution in [1.82, 2.24) is 5.32 Å². The van der Waals surface area contributed by atoms with Gasteiger partial charge in [0.25, 0.3) is 5.91 Å². The first kappa shape index (κ1) is 24.4. The van der Waals surface area contributed by atoms with Crippen LogP contribution in [-0.4, -0.2) is 45.4 Å². The summed E-state index contributed by atoms with van der Waals surface area (Å²) in [5, 5.41) is 9.11. The minimum absolute atomic E-state index is 0.243. The van der Waals surface area contributed by atoms with E-state index in [1.807, 2.05) is 30.3 Å². The molecule has 0 aliphatic carbocycles.